The summed E-state index contributed by atoms with van der Waals surface area (Å²) in [7, 11) is 3.43. The quantitative estimate of drug-likeness (QED) is 0.489. The van der Waals surface area contributed by atoms with Crippen LogP contribution >= 0.6 is 0 Å². The molecule has 0 bridgehead atoms. The average Bonchev–Trinajstić information content (AvgIpc) is 3.19. The lowest BCUT2D eigenvalue weighted by Gasteiger charge is -2.27. The standard InChI is InChI=1S/C15H21N7O.2C2HF3O2/c1-20(2)15(23)17-9-13-18-19-14-11-21(6-7-22(13)14)10-12-4-3-5-16-8-12;2*3-2(4,5)1(6)7/h3-5,8H,6-7,9-11H2,1-2H3,(H,17,23);2*(H,6,7). The van der Waals surface area contributed by atoms with Crippen molar-refractivity contribution in [2.24, 2.45) is 0 Å². The number of aliphatic carboxylic acids is 2. The van der Waals surface area contributed by atoms with Crippen LogP contribution < -0.4 is 5.32 Å². The van der Waals surface area contributed by atoms with Crippen molar-refractivity contribution in [3.05, 3.63) is 41.7 Å². The number of carbonyl (C=O) groups is 3. The highest BCUT2D eigenvalue weighted by molar-refractivity contribution is 5.73. The van der Waals surface area contributed by atoms with E-state index < -0.39 is 24.3 Å². The van der Waals surface area contributed by atoms with Crippen LogP contribution in [0.3, 0.4) is 0 Å². The molecule has 2 aromatic heterocycles. The third kappa shape index (κ3) is 11.1. The van der Waals surface area contributed by atoms with Crippen LogP contribution in [0.4, 0.5) is 31.1 Å². The molecule has 0 spiro atoms. The van der Waals surface area contributed by atoms with Gasteiger partial charge in [-0.3, -0.25) is 9.88 Å². The maximum absolute atomic E-state index is 11.6. The lowest BCUT2D eigenvalue weighted by molar-refractivity contribution is -0.193. The Hall–Kier alpha value is -3.96. The minimum absolute atomic E-state index is 0.128. The van der Waals surface area contributed by atoms with Crippen molar-refractivity contribution in [1.29, 1.82) is 0 Å². The molecule has 2 amide bonds. The maximum Gasteiger partial charge on any atom is 0.490 e. The molecule has 0 radical (unpaired) electrons. The molecule has 3 rings (SSSR count). The minimum Gasteiger partial charge on any atom is -0.475 e. The summed E-state index contributed by atoms with van der Waals surface area (Å²) in [6, 6.07) is 3.90. The number of fused-ring (bicyclic) bond motifs is 1. The van der Waals surface area contributed by atoms with Crippen LogP contribution in [0.25, 0.3) is 0 Å². The Labute approximate surface area is 205 Å². The van der Waals surface area contributed by atoms with Gasteiger partial charge in [-0.1, -0.05) is 6.07 Å². The van der Waals surface area contributed by atoms with E-state index in [0.29, 0.717) is 6.54 Å². The predicted molar refractivity (Wildman–Crippen MR) is 112 cm³/mol. The molecular weight excluding hydrogens is 520 g/mol. The van der Waals surface area contributed by atoms with Crippen molar-refractivity contribution in [1.82, 2.24) is 34.9 Å². The van der Waals surface area contributed by atoms with E-state index in [1.165, 1.54) is 10.5 Å². The number of urea groups is 1. The zero-order chi connectivity index (χ0) is 28.4. The topological polar surface area (TPSA) is 154 Å². The van der Waals surface area contributed by atoms with Crippen LogP contribution in [-0.2, 0) is 35.8 Å². The van der Waals surface area contributed by atoms with Crippen molar-refractivity contribution in [3.8, 4) is 0 Å². The van der Waals surface area contributed by atoms with Crippen LogP contribution in [0.5, 0.6) is 0 Å². The summed E-state index contributed by atoms with van der Waals surface area (Å²) in [6.45, 7) is 3.76. The highest BCUT2D eigenvalue weighted by Gasteiger charge is 2.38. The van der Waals surface area contributed by atoms with Crippen LogP contribution in [-0.4, -0.2) is 90.7 Å². The first-order chi connectivity index (χ1) is 17.0. The van der Waals surface area contributed by atoms with Gasteiger partial charge >= 0.3 is 30.3 Å². The largest absolute Gasteiger partial charge is 0.490 e. The third-order valence-corrected chi connectivity index (χ3v) is 4.33. The molecule has 1 aliphatic rings. The van der Waals surface area contributed by atoms with Gasteiger partial charge in [0.2, 0.25) is 0 Å². The summed E-state index contributed by atoms with van der Waals surface area (Å²) in [6.07, 6.45) is -6.49. The molecule has 18 heteroatoms. The molecule has 0 unspecified atom stereocenters. The fourth-order valence-electron chi connectivity index (χ4n) is 2.60. The van der Waals surface area contributed by atoms with Crippen LogP contribution in [0, 0.1) is 0 Å². The van der Waals surface area contributed by atoms with Gasteiger partial charge in [0.1, 0.15) is 5.82 Å². The van der Waals surface area contributed by atoms with E-state index in [9.17, 15) is 31.1 Å². The number of halogens is 6. The van der Waals surface area contributed by atoms with E-state index >= 15 is 0 Å². The van der Waals surface area contributed by atoms with Crippen LogP contribution in [0.15, 0.2) is 24.5 Å². The fourth-order valence-corrected chi connectivity index (χ4v) is 2.60. The van der Waals surface area contributed by atoms with Gasteiger partial charge in [0.15, 0.2) is 5.82 Å². The van der Waals surface area contributed by atoms with Crippen molar-refractivity contribution < 1.29 is 50.9 Å². The van der Waals surface area contributed by atoms with Gasteiger partial charge in [-0.05, 0) is 11.6 Å². The molecule has 37 heavy (non-hydrogen) atoms. The van der Waals surface area contributed by atoms with Crippen molar-refractivity contribution in [2.45, 2.75) is 38.5 Å². The second kappa shape index (κ2) is 13.4. The highest BCUT2D eigenvalue weighted by atomic mass is 19.4. The van der Waals surface area contributed by atoms with Crippen LogP contribution in [0.2, 0.25) is 0 Å². The van der Waals surface area contributed by atoms with Gasteiger partial charge in [0.05, 0.1) is 13.1 Å². The second-order valence-electron chi connectivity index (χ2n) is 7.41. The summed E-state index contributed by atoms with van der Waals surface area (Å²) in [5.74, 6) is -3.77. The molecule has 0 aromatic carbocycles. The van der Waals surface area contributed by atoms with Crippen LogP contribution in [0.1, 0.15) is 17.2 Å². The molecule has 0 saturated heterocycles. The molecule has 1 aliphatic heterocycles. The number of pyridine rings is 1. The lowest BCUT2D eigenvalue weighted by atomic mass is 10.2. The maximum atomic E-state index is 11.6. The average molecular weight is 543 g/mol. The van der Waals surface area contributed by atoms with E-state index in [2.05, 4.69) is 36.0 Å². The van der Waals surface area contributed by atoms with Gasteiger partial charge in [0, 0.05) is 46.1 Å². The van der Waals surface area contributed by atoms with Gasteiger partial charge < -0.3 is 25.0 Å². The molecule has 0 aliphatic carbocycles. The first-order valence-electron chi connectivity index (χ1n) is 10.1. The number of nitrogens with zero attached hydrogens (tertiary/aromatic N) is 6. The SMILES string of the molecule is CN(C)C(=O)NCc1nnc2n1CCN(Cc1cccnc1)C2.O=C(O)C(F)(F)F.O=C(O)C(F)(F)F. The number of amides is 2. The van der Waals surface area contributed by atoms with E-state index in [0.717, 1.165) is 37.8 Å². The summed E-state index contributed by atoms with van der Waals surface area (Å²) in [4.78, 5) is 37.4. The Morgan fingerprint density at radius 2 is 1.59 bits per heavy atom. The Morgan fingerprint density at radius 1 is 1.03 bits per heavy atom. The summed E-state index contributed by atoms with van der Waals surface area (Å²) < 4.78 is 65.6. The minimum atomic E-state index is -5.08. The Kier molecular flexibility index (Phi) is 11.2. The van der Waals surface area contributed by atoms with E-state index in [1.54, 1.807) is 20.3 Å². The Balaban J connectivity index is 0.000000404. The molecule has 0 saturated carbocycles. The first-order valence-corrected chi connectivity index (χ1v) is 10.1. The number of carbonyl (C=O) groups excluding carboxylic acids is 1. The summed E-state index contributed by atoms with van der Waals surface area (Å²) in [5.41, 5.74) is 1.19. The Bertz CT molecular complexity index is 1020. The Morgan fingerprint density at radius 3 is 2.05 bits per heavy atom. The number of carboxylic acids is 2. The van der Waals surface area contributed by atoms with E-state index in [-0.39, 0.29) is 6.03 Å². The monoisotopic (exact) mass is 543 g/mol. The van der Waals surface area contributed by atoms with E-state index in [1.807, 2.05) is 12.3 Å². The van der Waals surface area contributed by atoms with Gasteiger partial charge in [-0.2, -0.15) is 26.3 Å². The molecular formula is C19H23F6N7O5. The molecule has 12 nitrogen and oxygen atoms in total. The van der Waals surface area contributed by atoms with Gasteiger partial charge in [-0.15, -0.1) is 10.2 Å². The number of carboxylic acid groups (broad SMARTS) is 2. The predicted octanol–water partition coefficient (Wildman–Crippen LogP) is 1.73. The molecule has 2 aromatic rings. The number of hydrogen-bond donors (Lipinski definition) is 3. The van der Waals surface area contributed by atoms with Crippen molar-refractivity contribution in [2.75, 3.05) is 20.6 Å². The first kappa shape index (κ1) is 31.1. The molecule has 206 valence electrons. The summed E-state index contributed by atoms with van der Waals surface area (Å²) >= 11 is 0. The molecule has 0 atom stereocenters. The molecule has 0 fully saturated rings. The number of nitrogens with one attached hydrogen (secondary N) is 1. The van der Waals surface area contributed by atoms with Gasteiger partial charge in [0.25, 0.3) is 0 Å². The number of alkyl halides is 6. The molecule has 3 heterocycles. The van der Waals surface area contributed by atoms with Crippen molar-refractivity contribution in [3.63, 3.8) is 0 Å². The van der Waals surface area contributed by atoms with Gasteiger partial charge in [-0.25, -0.2) is 14.4 Å². The zero-order valence-corrected chi connectivity index (χ0v) is 19.4. The fraction of sp³-hybridized carbons (Fsp3) is 0.474. The highest BCUT2D eigenvalue weighted by Crippen LogP contribution is 2.15. The van der Waals surface area contributed by atoms with Crippen molar-refractivity contribution >= 4 is 18.0 Å². The normalized spacial score (nSPS) is 13.2. The summed E-state index contributed by atoms with van der Waals surface area (Å²) in [5, 5.41) is 25.6. The lowest BCUT2D eigenvalue weighted by Crippen LogP contribution is -2.36. The number of hydrogen-bond acceptors (Lipinski definition) is 7. The number of aromatic nitrogens is 4. The third-order valence-electron chi connectivity index (χ3n) is 4.33. The number of rotatable bonds is 4. The zero-order valence-electron chi connectivity index (χ0n) is 19.4. The molecule has 3 N–H and O–H groups in total. The smallest absolute Gasteiger partial charge is 0.475 e. The second-order valence-corrected chi connectivity index (χ2v) is 7.41. The van der Waals surface area contributed by atoms with E-state index in [4.69, 9.17) is 19.8 Å².